The quantitative estimate of drug-likeness (QED) is 0.689. The zero-order chi connectivity index (χ0) is 9.80. The van der Waals surface area contributed by atoms with Crippen LogP contribution in [0, 0.1) is 0 Å². The Balaban J connectivity index is 1.78. The van der Waals surface area contributed by atoms with Crippen molar-refractivity contribution in [2.45, 2.75) is 12.5 Å². The van der Waals surface area contributed by atoms with Gasteiger partial charge < -0.3 is 15.0 Å². The lowest BCUT2D eigenvalue weighted by molar-refractivity contribution is 0.0526. The molecule has 0 bridgehead atoms. The molecule has 2 rings (SSSR count). The molecule has 0 radical (unpaired) electrons. The maximum absolute atomic E-state index is 11.5. The predicted octanol–water partition coefficient (Wildman–Crippen LogP) is 0.576. The minimum absolute atomic E-state index is 0.0156. The highest BCUT2D eigenvalue weighted by Crippen LogP contribution is 2.04. The van der Waals surface area contributed by atoms with Gasteiger partial charge in [-0.2, -0.15) is 0 Å². The van der Waals surface area contributed by atoms with E-state index in [9.17, 15) is 4.79 Å². The number of rotatable bonds is 4. The molecule has 1 saturated heterocycles. The van der Waals surface area contributed by atoms with Gasteiger partial charge in [0.25, 0.3) is 0 Å². The van der Waals surface area contributed by atoms with Gasteiger partial charge in [0.2, 0.25) is 5.78 Å². The Kier molecular flexibility index (Phi) is 2.96. The van der Waals surface area contributed by atoms with Gasteiger partial charge in [-0.1, -0.05) is 0 Å². The molecule has 0 saturated carbocycles. The monoisotopic (exact) mass is 194 g/mol. The van der Waals surface area contributed by atoms with Crippen LogP contribution in [0.15, 0.2) is 18.3 Å². The summed E-state index contributed by atoms with van der Waals surface area (Å²) in [6.45, 7) is 2.02. The number of H-pyrrole nitrogens is 1. The first-order valence-corrected chi connectivity index (χ1v) is 4.85. The number of hydrogen-bond acceptors (Lipinski definition) is 3. The molecular formula is C10H14N2O2. The van der Waals surface area contributed by atoms with Gasteiger partial charge >= 0.3 is 0 Å². The molecule has 1 fully saturated rings. The van der Waals surface area contributed by atoms with Gasteiger partial charge in [0.1, 0.15) is 6.61 Å². The average Bonchev–Trinajstić information content (AvgIpc) is 2.87. The molecule has 2 heterocycles. The Morgan fingerprint density at radius 3 is 3.21 bits per heavy atom. The molecule has 4 nitrogen and oxygen atoms in total. The van der Waals surface area contributed by atoms with E-state index in [2.05, 4.69) is 10.3 Å². The van der Waals surface area contributed by atoms with Gasteiger partial charge in [-0.05, 0) is 25.1 Å². The number of carbonyl (C=O) groups excluding carboxylic acids is 1. The summed E-state index contributed by atoms with van der Waals surface area (Å²) >= 11 is 0. The molecule has 1 aliphatic heterocycles. The van der Waals surface area contributed by atoms with E-state index in [4.69, 9.17) is 4.74 Å². The van der Waals surface area contributed by atoms with Crippen LogP contribution >= 0.6 is 0 Å². The fourth-order valence-corrected chi connectivity index (χ4v) is 1.55. The molecule has 0 amide bonds. The van der Waals surface area contributed by atoms with Crippen LogP contribution in [0.4, 0.5) is 0 Å². The van der Waals surface area contributed by atoms with Crippen LogP contribution < -0.4 is 5.32 Å². The minimum atomic E-state index is 0.0156. The van der Waals surface area contributed by atoms with Crippen LogP contribution in [0.1, 0.15) is 16.9 Å². The van der Waals surface area contributed by atoms with Crippen LogP contribution in [0.5, 0.6) is 0 Å². The number of aromatic nitrogens is 1. The summed E-state index contributed by atoms with van der Waals surface area (Å²) in [5, 5.41) is 3.19. The number of aromatic amines is 1. The van der Waals surface area contributed by atoms with Crippen molar-refractivity contribution in [2.75, 3.05) is 19.7 Å². The second kappa shape index (κ2) is 4.39. The summed E-state index contributed by atoms with van der Waals surface area (Å²) < 4.78 is 5.46. The number of hydrogen-bond donors (Lipinski definition) is 2. The fourth-order valence-electron chi connectivity index (χ4n) is 1.55. The van der Waals surface area contributed by atoms with E-state index in [1.165, 1.54) is 0 Å². The lowest BCUT2D eigenvalue weighted by Crippen LogP contribution is -2.21. The molecule has 4 heteroatoms. The van der Waals surface area contributed by atoms with E-state index >= 15 is 0 Å². The molecule has 0 unspecified atom stereocenters. The van der Waals surface area contributed by atoms with Crippen molar-refractivity contribution >= 4 is 5.78 Å². The standard InChI is InChI=1S/C10H14N2O2/c13-10(9-2-1-4-12-9)7-14-8-3-5-11-6-8/h1-2,4,8,11-12H,3,5-7H2/t8-/m1/s1. The molecule has 0 aromatic carbocycles. The number of ether oxygens (including phenoxy) is 1. The Morgan fingerprint density at radius 1 is 1.64 bits per heavy atom. The summed E-state index contributed by atoms with van der Waals surface area (Å²) in [6.07, 6.45) is 2.94. The number of ketones is 1. The molecule has 1 aromatic heterocycles. The van der Waals surface area contributed by atoms with E-state index in [-0.39, 0.29) is 18.5 Å². The molecule has 0 aliphatic carbocycles. The van der Waals surface area contributed by atoms with Crippen molar-refractivity contribution in [1.29, 1.82) is 0 Å². The Morgan fingerprint density at radius 2 is 2.57 bits per heavy atom. The lowest BCUT2D eigenvalue weighted by Gasteiger charge is -2.08. The van der Waals surface area contributed by atoms with Gasteiger partial charge in [-0.3, -0.25) is 4.79 Å². The van der Waals surface area contributed by atoms with Crippen molar-refractivity contribution in [3.8, 4) is 0 Å². The smallest absolute Gasteiger partial charge is 0.204 e. The molecule has 0 spiro atoms. The van der Waals surface area contributed by atoms with Gasteiger partial charge in [0.05, 0.1) is 11.8 Å². The molecule has 2 N–H and O–H groups in total. The van der Waals surface area contributed by atoms with E-state index in [1.807, 2.05) is 6.07 Å². The fraction of sp³-hybridized carbons (Fsp3) is 0.500. The normalized spacial score (nSPS) is 21.3. The third kappa shape index (κ3) is 2.21. The molecular weight excluding hydrogens is 180 g/mol. The van der Waals surface area contributed by atoms with Crippen LogP contribution in [0.2, 0.25) is 0 Å². The number of carbonyl (C=O) groups is 1. The Hall–Kier alpha value is -1.13. The van der Waals surface area contributed by atoms with Gasteiger partial charge in [0, 0.05) is 12.7 Å². The summed E-state index contributed by atoms with van der Waals surface area (Å²) in [7, 11) is 0. The van der Waals surface area contributed by atoms with Gasteiger partial charge in [0.15, 0.2) is 0 Å². The van der Waals surface area contributed by atoms with E-state index in [0.717, 1.165) is 19.5 Å². The van der Waals surface area contributed by atoms with Crippen LogP contribution in [0.3, 0.4) is 0 Å². The molecule has 14 heavy (non-hydrogen) atoms. The topological polar surface area (TPSA) is 54.1 Å². The van der Waals surface area contributed by atoms with Crippen LogP contribution in [0.25, 0.3) is 0 Å². The van der Waals surface area contributed by atoms with Crippen molar-refractivity contribution in [3.63, 3.8) is 0 Å². The van der Waals surface area contributed by atoms with Crippen LogP contribution in [-0.4, -0.2) is 36.6 Å². The number of nitrogens with one attached hydrogen (secondary N) is 2. The lowest BCUT2D eigenvalue weighted by atomic mass is 10.3. The molecule has 1 aromatic rings. The second-order valence-corrected chi connectivity index (χ2v) is 3.43. The van der Waals surface area contributed by atoms with Crippen LogP contribution in [-0.2, 0) is 4.74 Å². The SMILES string of the molecule is O=C(CO[C@@H]1CCNC1)c1ccc[nH]1. The molecule has 76 valence electrons. The summed E-state index contributed by atoms with van der Waals surface area (Å²) in [5.74, 6) is 0.0156. The van der Waals surface area contributed by atoms with Crippen molar-refractivity contribution < 1.29 is 9.53 Å². The van der Waals surface area contributed by atoms with E-state index < -0.39 is 0 Å². The molecule has 1 aliphatic rings. The van der Waals surface area contributed by atoms with Crippen molar-refractivity contribution in [1.82, 2.24) is 10.3 Å². The molecule has 1 atom stereocenters. The Bertz CT molecular complexity index is 289. The highest BCUT2D eigenvalue weighted by molar-refractivity contribution is 5.95. The van der Waals surface area contributed by atoms with E-state index in [1.54, 1.807) is 12.3 Å². The highest BCUT2D eigenvalue weighted by atomic mass is 16.5. The first-order chi connectivity index (χ1) is 6.86. The average molecular weight is 194 g/mol. The minimum Gasteiger partial charge on any atom is -0.369 e. The van der Waals surface area contributed by atoms with Crippen molar-refractivity contribution in [2.24, 2.45) is 0 Å². The van der Waals surface area contributed by atoms with Gasteiger partial charge in [-0.15, -0.1) is 0 Å². The maximum Gasteiger partial charge on any atom is 0.204 e. The largest absolute Gasteiger partial charge is 0.369 e. The maximum atomic E-state index is 11.5. The summed E-state index contributed by atoms with van der Waals surface area (Å²) in [5.41, 5.74) is 0.621. The summed E-state index contributed by atoms with van der Waals surface area (Å²) in [6, 6.07) is 3.57. The zero-order valence-electron chi connectivity index (χ0n) is 7.95. The van der Waals surface area contributed by atoms with Gasteiger partial charge in [-0.25, -0.2) is 0 Å². The highest BCUT2D eigenvalue weighted by Gasteiger charge is 2.16. The third-order valence-electron chi connectivity index (χ3n) is 2.36. The first-order valence-electron chi connectivity index (χ1n) is 4.85. The number of Topliss-reactive ketones (excluding diaryl/α,β-unsaturated/α-hetero) is 1. The second-order valence-electron chi connectivity index (χ2n) is 3.43. The predicted molar refractivity (Wildman–Crippen MR) is 52.3 cm³/mol. The van der Waals surface area contributed by atoms with E-state index in [0.29, 0.717) is 5.69 Å². The third-order valence-corrected chi connectivity index (χ3v) is 2.36. The van der Waals surface area contributed by atoms with Crippen molar-refractivity contribution in [3.05, 3.63) is 24.0 Å². The zero-order valence-corrected chi connectivity index (χ0v) is 7.95. The Labute approximate surface area is 82.6 Å². The summed E-state index contributed by atoms with van der Waals surface area (Å²) in [4.78, 5) is 14.4. The first kappa shape index (κ1) is 9.43.